The minimum absolute atomic E-state index is 0. The molecule has 2 N–H and O–H groups in total. The van der Waals surface area contributed by atoms with Crippen LogP contribution in [0, 0.1) is 0 Å². The van der Waals surface area contributed by atoms with Crippen LogP contribution in [0.3, 0.4) is 0 Å². The van der Waals surface area contributed by atoms with Crippen LogP contribution in [-0.2, 0) is 0 Å². The van der Waals surface area contributed by atoms with E-state index in [1.165, 1.54) is 4.88 Å². The zero-order chi connectivity index (χ0) is 13.9. The Labute approximate surface area is 152 Å². The van der Waals surface area contributed by atoms with E-state index >= 15 is 0 Å². The first kappa shape index (κ1) is 19.6. The van der Waals surface area contributed by atoms with Crippen molar-refractivity contribution in [3.05, 3.63) is 51.2 Å². The summed E-state index contributed by atoms with van der Waals surface area (Å²) in [5, 5.41) is 16.2. The van der Waals surface area contributed by atoms with Crippen LogP contribution < -0.4 is 5.32 Å². The molecule has 0 amide bonds. The Morgan fingerprint density at radius 1 is 1.14 bits per heavy atom. The van der Waals surface area contributed by atoms with Gasteiger partial charge in [0.1, 0.15) is 5.75 Å². The predicted molar refractivity (Wildman–Crippen MR) is 98.2 cm³/mol. The second-order valence-corrected chi connectivity index (χ2v) is 6.27. The SMILES string of the molecule is Cl.Cl.Oc1c(Cl)cccc1[C@@H](c1cccs1)N1CCNCC1. The molecule has 2 heterocycles. The van der Waals surface area contributed by atoms with Crippen LogP contribution in [0.1, 0.15) is 16.5 Å². The Kier molecular flexibility index (Phi) is 7.97. The molecule has 1 fully saturated rings. The molecule has 22 heavy (non-hydrogen) atoms. The largest absolute Gasteiger partial charge is 0.506 e. The summed E-state index contributed by atoms with van der Waals surface area (Å²) in [7, 11) is 0. The van der Waals surface area contributed by atoms with E-state index in [-0.39, 0.29) is 36.6 Å². The van der Waals surface area contributed by atoms with Gasteiger partial charge in [0.05, 0.1) is 11.1 Å². The highest BCUT2D eigenvalue weighted by Crippen LogP contribution is 2.39. The number of phenolic OH excluding ortho intramolecular Hbond substituents is 1. The highest BCUT2D eigenvalue weighted by atomic mass is 35.5. The van der Waals surface area contributed by atoms with Crippen molar-refractivity contribution in [1.82, 2.24) is 10.2 Å². The monoisotopic (exact) mass is 380 g/mol. The highest BCUT2D eigenvalue weighted by Gasteiger charge is 2.27. The first-order valence-electron chi connectivity index (χ1n) is 6.73. The lowest BCUT2D eigenvalue weighted by Crippen LogP contribution is -2.45. The minimum Gasteiger partial charge on any atom is -0.506 e. The fourth-order valence-corrected chi connectivity index (χ4v) is 3.73. The summed E-state index contributed by atoms with van der Waals surface area (Å²) in [4.78, 5) is 3.64. The summed E-state index contributed by atoms with van der Waals surface area (Å²) in [5.41, 5.74) is 0.891. The van der Waals surface area contributed by atoms with Crippen molar-refractivity contribution in [2.24, 2.45) is 0 Å². The van der Waals surface area contributed by atoms with Gasteiger partial charge in [-0.25, -0.2) is 0 Å². The molecule has 0 bridgehead atoms. The van der Waals surface area contributed by atoms with Crippen molar-refractivity contribution in [2.45, 2.75) is 6.04 Å². The molecule has 122 valence electrons. The van der Waals surface area contributed by atoms with Crippen molar-refractivity contribution in [2.75, 3.05) is 26.2 Å². The number of piperazine rings is 1. The second kappa shape index (κ2) is 8.96. The van der Waals surface area contributed by atoms with E-state index < -0.39 is 0 Å². The molecule has 0 saturated carbocycles. The summed E-state index contributed by atoms with van der Waals surface area (Å²) < 4.78 is 0. The molecule has 7 heteroatoms. The summed E-state index contributed by atoms with van der Waals surface area (Å²) in [6.45, 7) is 3.88. The van der Waals surface area contributed by atoms with Gasteiger partial charge in [-0.05, 0) is 17.5 Å². The minimum atomic E-state index is 0. The maximum absolute atomic E-state index is 10.3. The predicted octanol–water partition coefficient (Wildman–Crippen LogP) is 3.95. The standard InChI is InChI=1S/C15H17ClN2OS.2ClH/c16-12-4-1-3-11(15(12)19)14(13-5-2-10-20-13)18-8-6-17-7-9-18;;/h1-5,10,14,17,19H,6-9H2;2*1H/t14-;;/m0../s1. The van der Waals surface area contributed by atoms with Gasteiger partial charge < -0.3 is 10.4 Å². The molecule has 0 aliphatic carbocycles. The van der Waals surface area contributed by atoms with Gasteiger partial charge in [-0.1, -0.05) is 29.8 Å². The number of para-hydroxylation sites is 1. The van der Waals surface area contributed by atoms with Crippen molar-refractivity contribution in [1.29, 1.82) is 0 Å². The quantitative estimate of drug-likeness (QED) is 0.845. The van der Waals surface area contributed by atoms with Crippen molar-refractivity contribution in [3.63, 3.8) is 0 Å². The molecular formula is C15H19Cl3N2OS. The number of hydrogen-bond donors (Lipinski definition) is 2. The van der Waals surface area contributed by atoms with E-state index in [1.807, 2.05) is 12.1 Å². The van der Waals surface area contributed by atoms with Crippen LogP contribution in [0.5, 0.6) is 5.75 Å². The van der Waals surface area contributed by atoms with E-state index in [0.717, 1.165) is 31.7 Å². The number of nitrogens with zero attached hydrogens (tertiary/aromatic N) is 1. The average Bonchev–Trinajstić information content (AvgIpc) is 2.99. The van der Waals surface area contributed by atoms with E-state index in [9.17, 15) is 5.11 Å². The fraction of sp³-hybridized carbons (Fsp3) is 0.333. The molecule has 0 unspecified atom stereocenters. The van der Waals surface area contributed by atoms with E-state index in [1.54, 1.807) is 17.4 Å². The number of phenols is 1. The Balaban J connectivity index is 0.00000121. The zero-order valence-corrected chi connectivity index (χ0v) is 15.1. The summed E-state index contributed by atoms with van der Waals surface area (Å²) >= 11 is 7.80. The van der Waals surface area contributed by atoms with Gasteiger partial charge >= 0.3 is 0 Å². The molecule has 0 radical (unpaired) electrons. The number of nitrogens with one attached hydrogen (secondary N) is 1. The van der Waals surface area contributed by atoms with Gasteiger partial charge in [-0.3, -0.25) is 4.90 Å². The van der Waals surface area contributed by atoms with Crippen LogP contribution >= 0.6 is 47.8 Å². The Morgan fingerprint density at radius 3 is 2.50 bits per heavy atom. The van der Waals surface area contributed by atoms with Gasteiger partial charge in [-0.2, -0.15) is 0 Å². The molecule has 1 aromatic carbocycles. The molecule has 3 nitrogen and oxygen atoms in total. The Morgan fingerprint density at radius 2 is 1.86 bits per heavy atom. The lowest BCUT2D eigenvalue weighted by Gasteiger charge is -2.35. The van der Waals surface area contributed by atoms with Crippen molar-refractivity contribution >= 4 is 47.8 Å². The zero-order valence-electron chi connectivity index (χ0n) is 11.9. The number of benzene rings is 1. The van der Waals surface area contributed by atoms with E-state index in [4.69, 9.17) is 11.6 Å². The van der Waals surface area contributed by atoms with E-state index in [0.29, 0.717) is 5.02 Å². The molecule has 3 rings (SSSR count). The second-order valence-electron chi connectivity index (χ2n) is 4.88. The molecule has 1 aliphatic rings. The summed E-state index contributed by atoms with van der Waals surface area (Å²) in [5.74, 6) is 0.200. The number of rotatable bonds is 3. The third-order valence-corrected chi connectivity index (χ3v) is 4.87. The van der Waals surface area contributed by atoms with Gasteiger partial charge in [0.2, 0.25) is 0 Å². The third-order valence-electron chi connectivity index (χ3n) is 3.64. The normalized spacial score (nSPS) is 16.4. The van der Waals surface area contributed by atoms with Crippen LogP contribution in [0.4, 0.5) is 0 Å². The smallest absolute Gasteiger partial charge is 0.139 e. The molecule has 1 saturated heterocycles. The first-order valence-corrected chi connectivity index (χ1v) is 7.98. The van der Waals surface area contributed by atoms with Crippen LogP contribution in [0.15, 0.2) is 35.7 Å². The molecule has 0 spiro atoms. The number of aromatic hydroxyl groups is 1. The molecule has 1 aliphatic heterocycles. The van der Waals surface area contributed by atoms with Gasteiger partial charge in [-0.15, -0.1) is 36.2 Å². The molecule has 1 atom stereocenters. The molecular weight excluding hydrogens is 363 g/mol. The summed E-state index contributed by atoms with van der Waals surface area (Å²) in [6, 6.07) is 9.85. The topological polar surface area (TPSA) is 35.5 Å². The Hall–Kier alpha value is -0.490. The van der Waals surface area contributed by atoms with Gasteiger partial charge in [0.15, 0.2) is 0 Å². The average molecular weight is 382 g/mol. The maximum atomic E-state index is 10.3. The summed E-state index contributed by atoms with van der Waals surface area (Å²) in [6.07, 6.45) is 0. The highest BCUT2D eigenvalue weighted by molar-refractivity contribution is 7.10. The lowest BCUT2D eigenvalue weighted by atomic mass is 10.0. The van der Waals surface area contributed by atoms with E-state index in [2.05, 4.69) is 27.7 Å². The van der Waals surface area contributed by atoms with Gasteiger partial charge in [0.25, 0.3) is 0 Å². The first-order chi connectivity index (χ1) is 9.77. The van der Waals surface area contributed by atoms with Crippen LogP contribution in [-0.4, -0.2) is 36.2 Å². The van der Waals surface area contributed by atoms with Gasteiger partial charge in [0, 0.05) is 36.6 Å². The lowest BCUT2D eigenvalue weighted by molar-refractivity contribution is 0.198. The van der Waals surface area contributed by atoms with Crippen molar-refractivity contribution in [3.8, 4) is 5.75 Å². The number of hydrogen-bond acceptors (Lipinski definition) is 4. The third kappa shape index (κ3) is 4.07. The Bertz CT molecular complexity index is 574. The molecule has 2 aromatic rings. The van der Waals surface area contributed by atoms with Crippen LogP contribution in [0.25, 0.3) is 0 Å². The molecule has 1 aromatic heterocycles. The van der Waals surface area contributed by atoms with Crippen molar-refractivity contribution < 1.29 is 5.11 Å². The number of thiophene rings is 1. The maximum Gasteiger partial charge on any atom is 0.139 e. The van der Waals surface area contributed by atoms with Crippen LogP contribution in [0.2, 0.25) is 5.02 Å². The fourth-order valence-electron chi connectivity index (χ4n) is 2.67. The number of halogens is 3.